The zero-order chi connectivity index (χ0) is 14.3. The van der Waals surface area contributed by atoms with E-state index in [1.165, 1.54) is 13.2 Å². The lowest BCUT2D eigenvalue weighted by atomic mass is 10.2. The van der Waals surface area contributed by atoms with Crippen LogP contribution in [-0.2, 0) is 9.53 Å². The van der Waals surface area contributed by atoms with Gasteiger partial charge < -0.3 is 19.3 Å². The van der Waals surface area contributed by atoms with Crippen LogP contribution in [0.5, 0.6) is 11.5 Å². The molecule has 1 aromatic carbocycles. The number of carbonyl (C=O) groups is 1. The summed E-state index contributed by atoms with van der Waals surface area (Å²) in [6, 6.07) is 3.45. The molecule has 104 valence electrons. The van der Waals surface area contributed by atoms with Crippen LogP contribution in [0.15, 0.2) is 22.7 Å². The van der Waals surface area contributed by atoms with Crippen molar-refractivity contribution in [2.45, 2.75) is 6.92 Å². The van der Waals surface area contributed by atoms with E-state index in [9.17, 15) is 4.79 Å². The van der Waals surface area contributed by atoms with Crippen molar-refractivity contribution in [3.8, 4) is 11.5 Å². The Labute approximate surface area is 119 Å². The van der Waals surface area contributed by atoms with E-state index in [0.29, 0.717) is 28.1 Å². The predicted molar refractivity (Wildman–Crippen MR) is 74.5 cm³/mol. The fourth-order valence-corrected chi connectivity index (χ4v) is 1.95. The van der Waals surface area contributed by atoms with E-state index in [1.807, 2.05) is 6.92 Å². The second-order valence-corrected chi connectivity index (χ2v) is 4.34. The summed E-state index contributed by atoms with van der Waals surface area (Å²) in [6.45, 7) is 2.43. The SMILES string of the molecule is CCOc1cc(C=CC(=O)O)cc(Br)c1OCOC. The van der Waals surface area contributed by atoms with Gasteiger partial charge in [-0.3, -0.25) is 0 Å². The van der Waals surface area contributed by atoms with Crippen LogP contribution in [0.2, 0.25) is 0 Å². The third kappa shape index (κ3) is 4.92. The molecular formula is C13H15BrO5. The molecule has 0 aliphatic heterocycles. The number of aliphatic carboxylic acids is 1. The van der Waals surface area contributed by atoms with Crippen molar-refractivity contribution in [3.63, 3.8) is 0 Å². The maximum absolute atomic E-state index is 10.5. The van der Waals surface area contributed by atoms with Crippen molar-refractivity contribution in [1.82, 2.24) is 0 Å². The number of carboxylic acid groups (broad SMARTS) is 1. The number of rotatable bonds is 7. The molecule has 0 aliphatic carbocycles. The Balaban J connectivity index is 3.08. The molecule has 0 amide bonds. The van der Waals surface area contributed by atoms with Crippen molar-refractivity contribution in [2.75, 3.05) is 20.5 Å². The molecule has 0 unspecified atom stereocenters. The Morgan fingerprint density at radius 1 is 1.42 bits per heavy atom. The number of halogens is 1. The lowest BCUT2D eigenvalue weighted by Crippen LogP contribution is -2.03. The normalized spacial score (nSPS) is 10.7. The summed E-state index contributed by atoms with van der Waals surface area (Å²) < 4.78 is 16.4. The molecule has 1 rings (SSSR count). The van der Waals surface area contributed by atoms with Crippen LogP contribution in [0.4, 0.5) is 0 Å². The molecule has 0 spiro atoms. The Kier molecular flexibility index (Phi) is 6.38. The largest absolute Gasteiger partial charge is 0.490 e. The van der Waals surface area contributed by atoms with Crippen LogP contribution >= 0.6 is 15.9 Å². The fourth-order valence-electron chi connectivity index (χ4n) is 1.37. The van der Waals surface area contributed by atoms with Crippen LogP contribution in [0.3, 0.4) is 0 Å². The topological polar surface area (TPSA) is 65.0 Å². The highest BCUT2D eigenvalue weighted by Crippen LogP contribution is 2.37. The number of benzene rings is 1. The van der Waals surface area contributed by atoms with Crippen LogP contribution in [-0.4, -0.2) is 31.6 Å². The van der Waals surface area contributed by atoms with Gasteiger partial charge in [0.15, 0.2) is 18.3 Å². The zero-order valence-electron chi connectivity index (χ0n) is 10.7. The van der Waals surface area contributed by atoms with Crippen molar-refractivity contribution in [2.24, 2.45) is 0 Å². The molecule has 1 N–H and O–H groups in total. The molecular weight excluding hydrogens is 316 g/mol. The smallest absolute Gasteiger partial charge is 0.328 e. The summed E-state index contributed by atoms with van der Waals surface area (Å²) in [7, 11) is 1.53. The second-order valence-electron chi connectivity index (χ2n) is 3.49. The number of methoxy groups -OCH3 is 1. The standard InChI is InChI=1S/C13H15BrO5/c1-3-18-11-7-9(4-5-12(15)16)6-10(14)13(11)19-8-17-2/h4-7H,3,8H2,1-2H3,(H,15,16). The van der Waals surface area contributed by atoms with Gasteiger partial charge >= 0.3 is 5.97 Å². The monoisotopic (exact) mass is 330 g/mol. The molecule has 6 heteroatoms. The lowest BCUT2D eigenvalue weighted by molar-refractivity contribution is -0.131. The Morgan fingerprint density at radius 3 is 2.74 bits per heavy atom. The maximum Gasteiger partial charge on any atom is 0.328 e. The Hall–Kier alpha value is -1.53. The Morgan fingerprint density at radius 2 is 2.16 bits per heavy atom. The fraction of sp³-hybridized carbons (Fsp3) is 0.308. The van der Waals surface area contributed by atoms with Gasteiger partial charge in [0.05, 0.1) is 11.1 Å². The minimum Gasteiger partial charge on any atom is -0.490 e. The van der Waals surface area contributed by atoms with E-state index in [2.05, 4.69) is 15.9 Å². The van der Waals surface area contributed by atoms with Gasteiger partial charge in [0, 0.05) is 13.2 Å². The van der Waals surface area contributed by atoms with Gasteiger partial charge in [-0.05, 0) is 46.6 Å². The number of ether oxygens (including phenoxy) is 3. The summed E-state index contributed by atoms with van der Waals surface area (Å²) in [5, 5.41) is 8.62. The van der Waals surface area contributed by atoms with E-state index < -0.39 is 5.97 Å². The van der Waals surface area contributed by atoms with Crippen LogP contribution in [0, 0.1) is 0 Å². The van der Waals surface area contributed by atoms with Gasteiger partial charge in [-0.25, -0.2) is 4.79 Å². The number of hydrogen-bond donors (Lipinski definition) is 1. The van der Waals surface area contributed by atoms with Crippen molar-refractivity contribution < 1.29 is 24.1 Å². The molecule has 1 aromatic rings. The van der Waals surface area contributed by atoms with Gasteiger partial charge in [-0.15, -0.1) is 0 Å². The summed E-state index contributed by atoms with van der Waals surface area (Å²) in [6.07, 6.45) is 2.54. The van der Waals surface area contributed by atoms with Gasteiger partial charge in [-0.1, -0.05) is 0 Å². The summed E-state index contributed by atoms with van der Waals surface area (Å²) in [5.74, 6) is 0.0453. The zero-order valence-corrected chi connectivity index (χ0v) is 12.3. The van der Waals surface area contributed by atoms with E-state index >= 15 is 0 Å². The molecule has 0 radical (unpaired) electrons. The molecule has 0 saturated carbocycles. The molecule has 0 atom stereocenters. The van der Waals surface area contributed by atoms with Gasteiger partial charge in [0.2, 0.25) is 0 Å². The minimum atomic E-state index is -1.01. The summed E-state index contributed by atoms with van der Waals surface area (Å²) in [5.41, 5.74) is 0.697. The molecule has 0 saturated heterocycles. The lowest BCUT2D eigenvalue weighted by Gasteiger charge is -2.13. The predicted octanol–water partition coefficient (Wildman–Crippen LogP) is 2.93. The van der Waals surface area contributed by atoms with Crippen molar-refractivity contribution in [3.05, 3.63) is 28.2 Å². The first kappa shape index (κ1) is 15.5. The second kappa shape index (κ2) is 7.81. The summed E-state index contributed by atoms with van der Waals surface area (Å²) in [4.78, 5) is 10.5. The highest BCUT2D eigenvalue weighted by Gasteiger charge is 2.11. The van der Waals surface area contributed by atoms with E-state index in [4.69, 9.17) is 19.3 Å². The average Bonchev–Trinajstić information content (AvgIpc) is 2.36. The first-order chi connectivity index (χ1) is 9.08. The highest BCUT2D eigenvalue weighted by molar-refractivity contribution is 9.10. The number of carboxylic acids is 1. The molecule has 0 aliphatic rings. The molecule has 0 fully saturated rings. The molecule has 19 heavy (non-hydrogen) atoms. The van der Waals surface area contributed by atoms with Gasteiger partial charge in [-0.2, -0.15) is 0 Å². The molecule has 0 aromatic heterocycles. The Bertz CT molecular complexity index is 470. The highest BCUT2D eigenvalue weighted by atomic mass is 79.9. The minimum absolute atomic E-state index is 0.100. The van der Waals surface area contributed by atoms with Crippen molar-refractivity contribution in [1.29, 1.82) is 0 Å². The molecule has 0 bridgehead atoms. The quantitative estimate of drug-likeness (QED) is 0.615. The van der Waals surface area contributed by atoms with Crippen LogP contribution in [0.1, 0.15) is 12.5 Å². The first-order valence-corrected chi connectivity index (χ1v) is 6.36. The van der Waals surface area contributed by atoms with Crippen molar-refractivity contribution >= 4 is 28.0 Å². The summed E-state index contributed by atoms with van der Waals surface area (Å²) >= 11 is 3.36. The van der Waals surface area contributed by atoms with Crippen LogP contribution < -0.4 is 9.47 Å². The number of hydrogen-bond acceptors (Lipinski definition) is 4. The average molecular weight is 331 g/mol. The molecule has 5 nitrogen and oxygen atoms in total. The third-order valence-corrected chi connectivity index (χ3v) is 2.66. The van der Waals surface area contributed by atoms with E-state index in [1.54, 1.807) is 12.1 Å². The van der Waals surface area contributed by atoms with Gasteiger partial charge in [0.1, 0.15) is 0 Å². The first-order valence-electron chi connectivity index (χ1n) is 5.57. The van der Waals surface area contributed by atoms with Gasteiger partial charge in [0.25, 0.3) is 0 Å². The molecule has 0 heterocycles. The van der Waals surface area contributed by atoms with E-state index in [-0.39, 0.29) is 6.79 Å². The third-order valence-electron chi connectivity index (χ3n) is 2.07. The maximum atomic E-state index is 10.5. The van der Waals surface area contributed by atoms with Crippen LogP contribution in [0.25, 0.3) is 6.08 Å². The van der Waals surface area contributed by atoms with E-state index in [0.717, 1.165) is 6.08 Å².